The first kappa shape index (κ1) is 14.3. The van der Waals surface area contributed by atoms with Crippen molar-refractivity contribution in [2.75, 3.05) is 13.2 Å². The van der Waals surface area contributed by atoms with Crippen LogP contribution in [0.15, 0.2) is 18.5 Å². The van der Waals surface area contributed by atoms with Crippen molar-refractivity contribution in [3.05, 3.63) is 24.0 Å². The van der Waals surface area contributed by atoms with Crippen LogP contribution in [0.2, 0.25) is 0 Å². The van der Waals surface area contributed by atoms with Gasteiger partial charge in [0.25, 0.3) is 0 Å². The first-order chi connectivity index (χ1) is 9.15. The van der Waals surface area contributed by atoms with E-state index in [0.717, 1.165) is 37.2 Å². The van der Waals surface area contributed by atoms with Crippen LogP contribution in [0.5, 0.6) is 5.75 Å². The van der Waals surface area contributed by atoms with E-state index in [1.54, 1.807) is 6.20 Å². The summed E-state index contributed by atoms with van der Waals surface area (Å²) < 4.78 is 11.5. The molecular formula is C15H24N2O2. The lowest BCUT2D eigenvalue weighted by molar-refractivity contribution is -0.0821. The predicted molar refractivity (Wildman–Crippen MR) is 75.2 cm³/mol. The molecular weight excluding hydrogens is 240 g/mol. The molecule has 0 saturated carbocycles. The Kier molecular flexibility index (Phi) is 4.77. The minimum absolute atomic E-state index is 0.162. The topological polar surface area (TPSA) is 57.4 Å². The zero-order valence-corrected chi connectivity index (χ0v) is 11.9. The van der Waals surface area contributed by atoms with Gasteiger partial charge in [-0.3, -0.25) is 4.98 Å². The van der Waals surface area contributed by atoms with Crippen molar-refractivity contribution in [1.82, 2.24) is 4.98 Å². The van der Waals surface area contributed by atoms with Gasteiger partial charge >= 0.3 is 0 Å². The highest BCUT2D eigenvalue weighted by atomic mass is 16.5. The average Bonchev–Trinajstić information content (AvgIpc) is 2.45. The molecule has 1 aliphatic rings. The maximum Gasteiger partial charge on any atom is 0.137 e. The Bertz CT molecular complexity index is 403. The number of rotatable bonds is 5. The highest BCUT2D eigenvalue weighted by Gasteiger charge is 2.35. The lowest BCUT2D eigenvalue weighted by Gasteiger charge is -2.38. The number of pyridine rings is 1. The number of hydrogen-bond acceptors (Lipinski definition) is 4. The van der Waals surface area contributed by atoms with Gasteiger partial charge in [-0.1, -0.05) is 6.92 Å². The smallest absolute Gasteiger partial charge is 0.137 e. The molecule has 4 heteroatoms. The molecule has 106 valence electrons. The van der Waals surface area contributed by atoms with E-state index in [4.69, 9.17) is 15.2 Å². The predicted octanol–water partition coefficient (Wildman–Crippen LogP) is 2.83. The Morgan fingerprint density at radius 3 is 3.00 bits per heavy atom. The quantitative estimate of drug-likeness (QED) is 0.888. The van der Waals surface area contributed by atoms with Gasteiger partial charge in [0, 0.05) is 12.8 Å². The minimum Gasteiger partial charge on any atom is -0.492 e. The first-order valence-corrected chi connectivity index (χ1v) is 7.13. The van der Waals surface area contributed by atoms with Crippen molar-refractivity contribution in [3.63, 3.8) is 0 Å². The minimum atomic E-state index is -0.288. The molecule has 0 bridgehead atoms. The van der Waals surface area contributed by atoms with E-state index >= 15 is 0 Å². The van der Waals surface area contributed by atoms with Crippen molar-refractivity contribution in [3.8, 4) is 5.75 Å². The van der Waals surface area contributed by atoms with Crippen LogP contribution in [0, 0.1) is 0 Å². The monoisotopic (exact) mass is 264 g/mol. The molecule has 1 aromatic heterocycles. The lowest BCUT2D eigenvalue weighted by Crippen LogP contribution is -2.43. The number of aromatic nitrogens is 1. The number of hydrogen-bond donors (Lipinski definition) is 1. The summed E-state index contributed by atoms with van der Waals surface area (Å²) in [5, 5.41) is 0. The molecule has 2 N–H and O–H groups in total. The summed E-state index contributed by atoms with van der Waals surface area (Å²) in [4.78, 5) is 4.22. The molecule has 2 unspecified atom stereocenters. The number of nitrogens with two attached hydrogens (primary N) is 1. The van der Waals surface area contributed by atoms with Gasteiger partial charge in [-0.2, -0.15) is 0 Å². The molecule has 1 aliphatic heterocycles. The van der Waals surface area contributed by atoms with Gasteiger partial charge in [-0.25, -0.2) is 0 Å². The molecule has 1 fully saturated rings. The van der Waals surface area contributed by atoms with Crippen molar-refractivity contribution in [1.29, 1.82) is 0 Å². The summed E-state index contributed by atoms with van der Waals surface area (Å²) in [6.07, 6.45) is 7.82. The molecule has 0 spiro atoms. The van der Waals surface area contributed by atoms with Gasteiger partial charge in [-0.15, -0.1) is 0 Å². The molecule has 0 aromatic carbocycles. The van der Waals surface area contributed by atoms with Crippen LogP contribution in [0.4, 0.5) is 0 Å². The van der Waals surface area contributed by atoms with Gasteiger partial charge in [-0.05, 0) is 44.2 Å². The zero-order chi connectivity index (χ0) is 13.7. The highest BCUT2D eigenvalue weighted by molar-refractivity contribution is 5.27. The van der Waals surface area contributed by atoms with Gasteiger partial charge in [0.05, 0.1) is 24.4 Å². The molecule has 0 aliphatic carbocycles. The van der Waals surface area contributed by atoms with E-state index in [1.165, 1.54) is 6.42 Å². The Morgan fingerprint density at radius 1 is 1.47 bits per heavy atom. The SMILES string of the molecule is CCCOc1cncc(C(N)C2(C)CCCCO2)c1. The summed E-state index contributed by atoms with van der Waals surface area (Å²) in [6.45, 7) is 5.67. The van der Waals surface area contributed by atoms with Crippen LogP contribution in [0.3, 0.4) is 0 Å². The fourth-order valence-corrected chi connectivity index (χ4v) is 2.46. The maximum atomic E-state index is 6.38. The van der Waals surface area contributed by atoms with E-state index in [2.05, 4.69) is 18.8 Å². The zero-order valence-electron chi connectivity index (χ0n) is 11.9. The summed E-state index contributed by atoms with van der Waals surface area (Å²) in [6, 6.07) is 1.82. The van der Waals surface area contributed by atoms with Crippen molar-refractivity contribution in [2.24, 2.45) is 5.73 Å². The molecule has 1 saturated heterocycles. The van der Waals surface area contributed by atoms with Gasteiger partial charge < -0.3 is 15.2 Å². The Balaban J connectivity index is 2.11. The Labute approximate surface area is 115 Å². The van der Waals surface area contributed by atoms with E-state index in [9.17, 15) is 0 Å². The molecule has 2 rings (SSSR count). The second-order valence-corrected chi connectivity index (χ2v) is 5.40. The maximum absolute atomic E-state index is 6.38. The van der Waals surface area contributed by atoms with E-state index < -0.39 is 0 Å². The van der Waals surface area contributed by atoms with Crippen LogP contribution in [0.25, 0.3) is 0 Å². The molecule has 0 amide bonds. The summed E-state index contributed by atoms with van der Waals surface area (Å²) in [7, 11) is 0. The third-order valence-electron chi connectivity index (χ3n) is 3.72. The molecule has 4 nitrogen and oxygen atoms in total. The largest absolute Gasteiger partial charge is 0.492 e. The van der Waals surface area contributed by atoms with Gasteiger partial charge in [0.1, 0.15) is 5.75 Å². The Hall–Kier alpha value is -1.13. The average molecular weight is 264 g/mol. The standard InChI is InChI=1S/C15H24N2O2/c1-3-7-18-13-9-12(10-17-11-13)14(16)15(2)6-4-5-8-19-15/h9-11,14H,3-8,16H2,1-2H3. The van der Waals surface area contributed by atoms with Crippen LogP contribution in [0.1, 0.15) is 51.1 Å². The normalized spacial score (nSPS) is 25.0. The second-order valence-electron chi connectivity index (χ2n) is 5.40. The fraction of sp³-hybridized carbons (Fsp3) is 0.667. The third-order valence-corrected chi connectivity index (χ3v) is 3.72. The summed E-state index contributed by atoms with van der Waals surface area (Å²) in [5.74, 6) is 0.786. The van der Waals surface area contributed by atoms with Crippen molar-refractivity contribution in [2.45, 2.75) is 51.2 Å². The van der Waals surface area contributed by atoms with Crippen LogP contribution in [-0.2, 0) is 4.74 Å². The van der Waals surface area contributed by atoms with E-state index in [1.807, 2.05) is 12.3 Å². The molecule has 19 heavy (non-hydrogen) atoms. The van der Waals surface area contributed by atoms with Crippen molar-refractivity contribution >= 4 is 0 Å². The third kappa shape index (κ3) is 3.45. The first-order valence-electron chi connectivity index (χ1n) is 7.13. The summed E-state index contributed by atoms with van der Waals surface area (Å²) in [5.41, 5.74) is 7.08. The van der Waals surface area contributed by atoms with Gasteiger partial charge in [0.15, 0.2) is 0 Å². The molecule has 2 atom stereocenters. The summed E-state index contributed by atoms with van der Waals surface area (Å²) >= 11 is 0. The fourth-order valence-electron chi connectivity index (χ4n) is 2.46. The second kappa shape index (κ2) is 6.35. The van der Waals surface area contributed by atoms with Crippen LogP contribution < -0.4 is 10.5 Å². The molecule has 1 aromatic rings. The van der Waals surface area contributed by atoms with E-state index in [-0.39, 0.29) is 11.6 Å². The highest BCUT2D eigenvalue weighted by Crippen LogP contribution is 2.35. The van der Waals surface area contributed by atoms with Crippen molar-refractivity contribution < 1.29 is 9.47 Å². The van der Waals surface area contributed by atoms with E-state index in [0.29, 0.717) is 6.61 Å². The molecule has 0 radical (unpaired) electrons. The number of ether oxygens (including phenoxy) is 2. The Morgan fingerprint density at radius 2 is 2.32 bits per heavy atom. The number of nitrogens with zero attached hydrogens (tertiary/aromatic N) is 1. The lowest BCUT2D eigenvalue weighted by atomic mass is 9.85. The molecule has 2 heterocycles. The van der Waals surface area contributed by atoms with Gasteiger partial charge in [0.2, 0.25) is 0 Å². The van der Waals surface area contributed by atoms with Crippen LogP contribution >= 0.6 is 0 Å². The van der Waals surface area contributed by atoms with Crippen LogP contribution in [-0.4, -0.2) is 23.8 Å².